The van der Waals surface area contributed by atoms with Crippen LogP contribution in [0.5, 0.6) is 0 Å². The Bertz CT molecular complexity index is 942. The number of carboxylic acid groups (broad SMARTS) is 1. The molecule has 3 rings (SSSR count). The second kappa shape index (κ2) is 9.73. The van der Waals surface area contributed by atoms with Gasteiger partial charge in [-0.15, -0.1) is 0 Å². The van der Waals surface area contributed by atoms with Crippen molar-refractivity contribution >= 4 is 29.3 Å². The summed E-state index contributed by atoms with van der Waals surface area (Å²) < 4.78 is 5.32. The third-order valence-electron chi connectivity index (χ3n) is 5.48. The van der Waals surface area contributed by atoms with Crippen molar-refractivity contribution in [3.63, 3.8) is 0 Å². The number of rotatable bonds is 7. The molecule has 1 fully saturated rings. The molecule has 1 aromatic carbocycles. The number of carbonyl (C=O) groups is 3. The number of ether oxygens (including phenoxy) is 1. The lowest BCUT2D eigenvalue weighted by atomic mass is 9.95. The predicted octanol–water partition coefficient (Wildman–Crippen LogP) is 4.36. The van der Waals surface area contributed by atoms with Crippen LogP contribution >= 0.6 is 11.3 Å². The van der Waals surface area contributed by atoms with Gasteiger partial charge in [-0.3, -0.25) is 4.79 Å². The van der Waals surface area contributed by atoms with E-state index in [0.29, 0.717) is 12.8 Å². The van der Waals surface area contributed by atoms with Gasteiger partial charge in [-0.2, -0.15) is 11.3 Å². The monoisotopic (exact) mass is 458 g/mol. The molecule has 2 amide bonds. The first kappa shape index (κ1) is 23.8. The summed E-state index contributed by atoms with van der Waals surface area (Å²) in [7, 11) is 0. The number of thiophene rings is 1. The Morgan fingerprint density at radius 3 is 2.28 bits per heavy atom. The minimum Gasteiger partial charge on any atom is -0.480 e. The average molecular weight is 459 g/mol. The van der Waals surface area contributed by atoms with Crippen molar-refractivity contribution in [3.05, 3.63) is 46.7 Å². The summed E-state index contributed by atoms with van der Waals surface area (Å²) in [6, 6.07) is 8.56. The smallest absolute Gasteiger partial charge is 0.408 e. The van der Waals surface area contributed by atoms with Gasteiger partial charge in [0.15, 0.2) is 0 Å². The predicted molar refractivity (Wildman–Crippen MR) is 124 cm³/mol. The fourth-order valence-electron chi connectivity index (χ4n) is 3.88. The first-order valence-electron chi connectivity index (χ1n) is 10.7. The fourth-order valence-corrected chi connectivity index (χ4v) is 4.55. The number of carboxylic acids is 1. The molecule has 1 saturated carbocycles. The van der Waals surface area contributed by atoms with Crippen molar-refractivity contribution < 1.29 is 24.2 Å². The van der Waals surface area contributed by atoms with Crippen LogP contribution in [-0.4, -0.2) is 40.3 Å². The van der Waals surface area contributed by atoms with Crippen LogP contribution in [0.25, 0.3) is 11.1 Å². The highest BCUT2D eigenvalue weighted by Gasteiger charge is 2.44. The number of aliphatic carboxylic acids is 1. The number of alkyl carbamates (subject to hydrolysis) is 1. The van der Waals surface area contributed by atoms with Crippen LogP contribution in [0.15, 0.2) is 41.1 Å². The van der Waals surface area contributed by atoms with E-state index in [1.165, 1.54) is 0 Å². The number of amides is 2. The Balaban J connectivity index is 1.69. The second-order valence-electron chi connectivity index (χ2n) is 9.19. The Morgan fingerprint density at radius 2 is 1.75 bits per heavy atom. The van der Waals surface area contributed by atoms with Crippen LogP contribution in [0.2, 0.25) is 0 Å². The van der Waals surface area contributed by atoms with Crippen LogP contribution in [0.1, 0.15) is 52.0 Å². The minimum atomic E-state index is -1.15. The van der Waals surface area contributed by atoms with Crippen LogP contribution in [0.3, 0.4) is 0 Å². The van der Waals surface area contributed by atoms with Crippen LogP contribution in [0, 0.1) is 0 Å². The van der Waals surface area contributed by atoms with E-state index in [2.05, 4.69) is 10.6 Å². The zero-order valence-electron chi connectivity index (χ0n) is 18.6. The zero-order chi connectivity index (χ0) is 23.4. The summed E-state index contributed by atoms with van der Waals surface area (Å²) >= 11 is 1.61. The number of hydrogen-bond donors (Lipinski definition) is 3. The number of nitrogens with one attached hydrogen (secondary N) is 2. The van der Waals surface area contributed by atoms with Crippen molar-refractivity contribution in [2.24, 2.45) is 0 Å². The zero-order valence-corrected chi connectivity index (χ0v) is 19.5. The molecular weight excluding hydrogens is 428 g/mol. The normalized spacial score (nSPS) is 16.2. The van der Waals surface area contributed by atoms with Crippen LogP contribution in [0.4, 0.5) is 4.79 Å². The van der Waals surface area contributed by atoms with Gasteiger partial charge in [-0.25, -0.2) is 9.59 Å². The number of carbonyl (C=O) groups excluding carboxylic acids is 2. The Hall–Kier alpha value is -2.87. The molecule has 0 spiro atoms. The molecule has 0 radical (unpaired) electrons. The average Bonchev–Trinajstić information content (AvgIpc) is 3.39. The van der Waals surface area contributed by atoms with Crippen molar-refractivity contribution in [2.45, 2.75) is 70.1 Å². The van der Waals surface area contributed by atoms with Gasteiger partial charge < -0.3 is 20.5 Å². The Morgan fingerprint density at radius 1 is 1.09 bits per heavy atom. The molecule has 2 aromatic rings. The molecule has 1 aromatic heterocycles. The van der Waals surface area contributed by atoms with Gasteiger partial charge in [0, 0.05) is 6.42 Å². The summed E-state index contributed by atoms with van der Waals surface area (Å²) in [5.74, 6) is -1.60. The minimum absolute atomic E-state index is 0.146. The quantitative estimate of drug-likeness (QED) is 0.572. The largest absolute Gasteiger partial charge is 0.480 e. The third kappa shape index (κ3) is 6.09. The molecule has 0 bridgehead atoms. The summed E-state index contributed by atoms with van der Waals surface area (Å²) in [5, 5.41) is 19.1. The molecule has 172 valence electrons. The molecule has 7 nitrogen and oxygen atoms in total. The van der Waals surface area contributed by atoms with E-state index < -0.39 is 35.2 Å². The highest BCUT2D eigenvalue weighted by Crippen LogP contribution is 2.31. The second-order valence-corrected chi connectivity index (χ2v) is 9.97. The molecule has 1 aliphatic carbocycles. The maximum Gasteiger partial charge on any atom is 0.408 e. The summed E-state index contributed by atoms with van der Waals surface area (Å²) in [6.45, 7) is 5.24. The number of hydrogen-bond acceptors (Lipinski definition) is 5. The van der Waals surface area contributed by atoms with Gasteiger partial charge in [-0.05, 0) is 67.1 Å². The Kier molecular flexibility index (Phi) is 7.23. The summed E-state index contributed by atoms with van der Waals surface area (Å²) in [5.41, 5.74) is 1.12. The van der Waals surface area contributed by atoms with E-state index >= 15 is 0 Å². The van der Waals surface area contributed by atoms with Gasteiger partial charge in [0.05, 0.1) is 0 Å². The molecule has 1 aliphatic rings. The molecule has 3 N–H and O–H groups in total. The molecule has 1 unspecified atom stereocenters. The summed E-state index contributed by atoms with van der Waals surface area (Å²) in [6.07, 6.45) is 1.90. The lowest BCUT2D eigenvalue weighted by Crippen LogP contribution is -2.60. The lowest BCUT2D eigenvalue weighted by molar-refractivity contribution is -0.142. The lowest BCUT2D eigenvalue weighted by Gasteiger charge is -2.31. The van der Waals surface area contributed by atoms with E-state index in [9.17, 15) is 19.5 Å². The van der Waals surface area contributed by atoms with Crippen molar-refractivity contribution in [1.82, 2.24) is 10.6 Å². The molecule has 1 atom stereocenters. The van der Waals surface area contributed by atoms with E-state index in [0.717, 1.165) is 29.5 Å². The van der Waals surface area contributed by atoms with Gasteiger partial charge in [0.1, 0.15) is 17.2 Å². The van der Waals surface area contributed by atoms with E-state index in [1.54, 1.807) is 32.1 Å². The molecule has 0 saturated heterocycles. The van der Waals surface area contributed by atoms with Crippen molar-refractivity contribution in [2.75, 3.05) is 0 Å². The van der Waals surface area contributed by atoms with Gasteiger partial charge >= 0.3 is 12.1 Å². The standard InChI is InChI=1S/C24H30N2O5S/c1-23(2,3)31-22(30)26-24(11-4-5-12-24)21(29)25-19(20(27)28)14-16-6-8-17(9-7-16)18-10-13-32-15-18/h6-10,13,15,19H,4-5,11-12,14H2,1-3H3,(H,25,29)(H,26,30)(H,27,28). The SMILES string of the molecule is CC(C)(C)OC(=O)NC1(C(=O)NC(Cc2ccc(-c3ccsc3)cc2)C(=O)O)CCCC1. The topological polar surface area (TPSA) is 105 Å². The highest BCUT2D eigenvalue weighted by atomic mass is 32.1. The summed E-state index contributed by atoms with van der Waals surface area (Å²) in [4.78, 5) is 37.4. The van der Waals surface area contributed by atoms with Crippen molar-refractivity contribution in [3.8, 4) is 11.1 Å². The maximum absolute atomic E-state index is 13.1. The Labute approximate surface area is 192 Å². The van der Waals surface area contributed by atoms with Gasteiger partial charge in [0.2, 0.25) is 5.91 Å². The molecule has 8 heteroatoms. The fraction of sp³-hybridized carbons (Fsp3) is 0.458. The number of benzene rings is 1. The van der Waals surface area contributed by atoms with Gasteiger partial charge in [0.25, 0.3) is 0 Å². The van der Waals surface area contributed by atoms with Crippen molar-refractivity contribution in [1.29, 1.82) is 0 Å². The third-order valence-corrected chi connectivity index (χ3v) is 6.17. The first-order chi connectivity index (χ1) is 15.1. The maximum atomic E-state index is 13.1. The van der Waals surface area contributed by atoms with E-state index in [4.69, 9.17) is 4.74 Å². The molecule has 0 aliphatic heterocycles. The van der Waals surface area contributed by atoms with E-state index in [-0.39, 0.29) is 6.42 Å². The molecule has 1 heterocycles. The molecular formula is C24H30N2O5S. The van der Waals surface area contributed by atoms with Gasteiger partial charge in [-0.1, -0.05) is 37.1 Å². The van der Waals surface area contributed by atoms with Crippen LogP contribution < -0.4 is 10.6 Å². The van der Waals surface area contributed by atoms with E-state index in [1.807, 2.05) is 41.1 Å². The highest BCUT2D eigenvalue weighted by molar-refractivity contribution is 7.08. The first-order valence-corrected chi connectivity index (χ1v) is 11.7. The van der Waals surface area contributed by atoms with Crippen LogP contribution in [-0.2, 0) is 20.7 Å². The molecule has 32 heavy (non-hydrogen) atoms.